The van der Waals surface area contributed by atoms with Crippen molar-refractivity contribution < 1.29 is 4.79 Å². The molecule has 1 amide bonds. The van der Waals surface area contributed by atoms with Crippen LogP contribution in [0.4, 0.5) is 0 Å². The summed E-state index contributed by atoms with van der Waals surface area (Å²) < 4.78 is 1.77. The van der Waals surface area contributed by atoms with Crippen LogP contribution in [0.3, 0.4) is 0 Å². The second-order valence-electron chi connectivity index (χ2n) is 7.10. The van der Waals surface area contributed by atoms with E-state index in [2.05, 4.69) is 20.8 Å². The fraction of sp³-hybridized carbons (Fsp3) is 0.857. The summed E-state index contributed by atoms with van der Waals surface area (Å²) >= 11 is 1.41. The Morgan fingerprint density at radius 3 is 2.48 bits per heavy atom. The molecule has 0 unspecified atom stereocenters. The molecule has 2 saturated carbocycles. The molecule has 116 valence electrons. The van der Waals surface area contributed by atoms with Gasteiger partial charge in [0.05, 0.1) is 11.3 Å². The minimum absolute atomic E-state index is 0.104. The molecular weight excluding hydrogens is 286 g/mol. The number of hydrogen-bond acceptors (Lipinski definition) is 5. The number of carbonyl (C=O) groups excluding carboxylic acids is 1. The summed E-state index contributed by atoms with van der Waals surface area (Å²) in [7, 11) is 0. The average molecular weight is 309 g/mol. The molecule has 0 spiro atoms. The van der Waals surface area contributed by atoms with Crippen molar-refractivity contribution in [3.8, 4) is 0 Å². The van der Waals surface area contributed by atoms with E-state index in [1.807, 2.05) is 20.8 Å². The maximum absolute atomic E-state index is 12.2. The fourth-order valence-electron chi connectivity index (χ4n) is 2.58. The number of rotatable bonds is 6. The van der Waals surface area contributed by atoms with E-state index in [0.717, 1.165) is 11.8 Å². The summed E-state index contributed by atoms with van der Waals surface area (Å²) in [5.74, 6) is 1.94. The fourth-order valence-corrected chi connectivity index (χ4v) is 3.45. The molecule has 0 aromatic carbocycles. The van der Waals surface area contributed by atoms with Crippen LogP contribution in [-0.2, 0) is 10.3 Å². The molecule has 2 fully saturated rings. The molecule has 1 aromatic heterocycles. The van der Waals surface area contributed by atoms with Crippen LogP contribution in [0, 0.1) is 11.8 Å². The molecule has 3 rings (SSSR count). The maximum atomic E-state index is 12.2. The Balaban J connectivity index is 1.52. The first kappa shape index (κ1) is 14.8. The van der Waals surface area contributed by atoms with E-state index in [1.54, 1.807) is 4.68 Å². The summed E-state index contributed by atoms with van der Waals surface area (Å²) in [6.45, 7) is 6.14. The van der Waals surface area contributed by atoms with Gasteiger partial charge < -0.3 is 5.32 Å². The number of hydrogen-bond donors (Lipinski definition) is 1. The van der Waals surface area contributed by atoms with E-state index in [4.69, 9.17) is 0 Å². The zero-order chi connectivity index (χ0) is 15.0. The third-order valence-electron chi connectivity index (χ3n) is 4.00. The molecule has 0 aliphatic heterocycles. The van der Waals surface area contributed by atoms with Crippen LogP contribution < -0.4 is 5.32 Å². The van der Waals surface area contributed by atoms with Gasteiger partial charge in [-0.05, 0) is 68.7 Å². The second-order valence-corrected chi connectivity index (χ2v) is 8.04. The Morgan fingerprint density at radius 2 is 1.95 bits per heavy atom. The van der Waals surface area contributed by atoms with E-state index >= 15 is 0 Å². The summed E-state index contributed by atoms with van der Waals surface area (Å²) in [4.78, 5) is 12.2. The number of nitrogens with zero attached hydrogens (tertiary/aromatic N) is 4. The van der Waals surface area contributed by atoms with Gasteiger partial charge in [-0.3, -0.25) is 4.79 Å². The molecule has 1 heterocycles. The van der Waals surface area contributed by atoms with Crippen molar-refractivity contribution in [2.45, 2.75) is 63.2 Å². The van der Waals surface area contributed by atoms with Crippen molar-refractivity contribution in [3.05, 3.63) is 0 Å². The third-order valence-corrected chi connectivity index (χ3v) is 4.92. The van der Waals surface area contributed by atoms with Gasteiger partial charge in [-0.25, -0.2) is 4.68 Å². The smallest absolute Gasteiger partial charge is 0.230 e. The van der Waals surface area contributed by atoms with Crippen molar-refractivity contribution >= 4 is 17.7 Å². The zero-order valence-corrected chi connectivity index (χ0v) is 13.7. The van der Waals surface area contributed by atoms with Gasteiger partial charge in [-0.15, -0.1) is 5.10 Å². The molecule has 2 aliphatic rings. The number of nitrogens with one attached hydrogen (secondary N) is 1. The molecular formula is C14H23N5OS. The Morgan fingerprint density at radius 1 is 1.33 bits per heavy atom. The van der Waals surface area contributed by atoms with Gasteiger partial charge in [0, 0.05) is 6.04 Å². The molecule has 21 heavy (non-hydrogen) atoms. The van der Waals surface area contributed by atoms with Crippen LogP contribution in [0.15, 0.2) is 5.16 Å². The van der Waals surface area contributed by atoms with Crippen molar-refractivity contribution in [3.63, 3.8) is 0 Å². The van der Waals surface area contributed by atoms with Gasteiger partial charge in [0.1, 0.15) is 0 Å². The Labute approximate surface area is 129 Å². The quantitative estimate of drug-likeness (QED) is 0.812. The van der Waals surface area contributed by atoms with Gasteiger partial charge in [-0.1, -0.05) is 11.8 Å². The standard InChI is InChI=1S/C14H23N5OS/c1-14(2,3)19-13(16-17-18-19)21-8-11(20)15-12(9-4-5-9)10-6-7-10/h9-10,12H,4-8H2,1-3H3,(H,15,20). The number of thioether (sulfide) groups is 1. The lowest BCUT2D eigenvalue weighted by molar-refractivity contribution is -0.119. The highest BCUT2D eigenvalue weighted by atomic mass is 32.2. The minimum atomic E-state index is -0.174. The first-order valence-corrected chi connectivity index (χ1v) is 8.65. The van der Waals surface area contributed by atoms with Gasteiger partial charge in [0.15, 0.2) is 0 Å². The predicted molar refractivity (Wildman–Crippen MR) is 80.9 cm³/mol. The zero-order valence-electron chi connectivity index (χ0n) is 12.9. The molecule has 0 bridgehead atoms. The first-order valence-electron chi connectivity index (χ1n) is 7.66. The minimum Gasteiger partial charge on any atom is -0.352 e. The van der Waals surface area contributed by atoms with E-state index in [1.165, 1.54) is 37.4 Å². The predicted octanol–water partition coefficient (Wildman–Crippen LogP) is 1.82. The molecule has 0 saturated heterocycles. The van der Waals surface area contributed by atoms with Crippen LogP contribution in [0.25, 0.3) is 0 Å². The number of carbonyl (C=O) groups is 1. The first-order chi connectivity index (χ1) is 9.95. The SMILES string of the molecule is CC(C)(C)n1nnnc1SCC(=O)NC(C1CC1)C1CC1. The van der Waals surface area contributed by atoms with Gasteiger partial charge >= 0.3 is 0 Å². The molecule has 2 aliphatic carbocycles. The molecule has 1 aromatic rings. The average Bonchev–Trinajstić information content (AvgIpc) is 3.31. The van der Waals surface area contributed by atoms with Crippen LogP contribution in [0.2, 0.25) is 0 Å². The van der Waals surface area contributed by atoms with E-state index in [0.29, 0.717) is 17.0 Å². The van der Waals surface area contributed by atoms with Crippen LogP contribution in [0.5, 0.6) is 0 Å². The van der Waals surface area contributed by atoms with E-state index in [-0.39, 0.29) is 11.4 Å². The van der Waals surface area contributed by atoms with E-state index in [9.17, 15) is 4.79 Å². The summed E-state index contributed by atoms with van der Waals surface area (Å²) in [6, 6.07) is 0.414. The topological polar surface area (TPSA) is 72.7 Å². The third kappa shape index (κ3) is 3.75. The van der Waals surface area contributed by atoms with Crippen molar-refractivity contribution in [1.29, 1.82) is 0 Å². The second kappa shape index (κ2) is 5.59. The molecule has 0 atom stereocenters. The highest BCUT2D eigenvalue weighted by Gasteiger charge is 2.42. The van der Waals surface area contributed by atoms with Crippen LogP contribution >= 0.6 is 11.8 Å². The van der Waals surface area contributed by atoms with E-state index < -0.39 is 0 Å². The van der Waals surface area contributed by atoms with Crippen molar-refractivity contribution in [2.75, 3.05) is 5.75 Å². The summed E-state index contributed by atoms with van der Waals surface area (Å²) in [6.07, 6.45) is 5.10. The molecule has 6 nitrogen and oxygen atoms in total. The van der Waals surface area contributed by atoms with Gasteiger partial charge in [0.25, 0.3) is 0 Å². The van der Waals surface area contributed by atoms with Crippen LogP contribution in [-0.4, -0.2) is 37.9 Å². The molecule has 7 heteroatoms. The number of tetrazole rings is 1. The summed E-state index contributed by atoms with van der Waals surface area (Å²) in [5.41, 5.74) is -0.174. The largest absolute Gasteiger partial charge is 0.352 e. The maximum Gasteiger partial charge on any atom is 0.230 e. The highest BCUT2D eigenvalue weighted by molar-refractivity contribution is 7.99. The van der Waals surface area contributed by atoms with Crippen molar-refractivity contribution in [1.82, 2.24) is 25.5 Å². The van der Waals surface area contributed by atoms with Gasteiger partial charge in [-0.2, -0.15) is 0 Å². The Bertz CT molecular complexity index is 504. The highest BCUT2D eigenvalue weighted by Crippen LogP contribution is 2.44. The number of amides is 1. The molecule has 0 radical (unpaired) electrons. The van der Waals surface area contributed by atoms with Crippen LogP contribution in [0.1, 0.15) is 46.5 Å². The molecule has 1 N–H and O–H groups in total. The lowest BCUT2D eigenvalue weighted by Gasteiger charge is -2.20. The number of aromatic nitrogens is 4. The normalized spacial score (nSPS) is 19.0. The Hall–Kier alpha value is -1.11. The van der Waals surface area contributed by atoms with Gasteiger partial charge in [0.2, 0.25) is 11.1 Å². The van der Waals surface area contributed by atoms with Crippen molar-refractivity contribution in [2.24, 2.45) is 11.8 Å². The lowest BCUT2D eigenvalue weighted by Crippen LogP contribution is -2.39. The monoisotopic (exact) mass is 309 g/mol. The lowest BCUT2D eigenvalue weighted by atomic mass is 10.1. The Kier molecular flexibility index (Phi) is 3.94. The summed E-state index contributed by atoms with van der Waals surface area (Å²) in [5, 5.41) is 15.7.